The molecule has 0 aliphatic heterocycles. The number of hydrogen-bond donors (Lipinski definition) is 0. The van der Waals surface area contributed by atoms with Gasteiger partial charge in [-0.25, -0.2) is 0 Å². The van der Waals surface area contributed by atoms with E-state index in [1.54, 1.807) is 36.6 Å². The molecular weight excluding hydrogens is 240 g/mol. The van der Waals surface area contributed by atoms with Crippen LogP contribution in [0.25, 0.3) is 0 Å². The zero-order valence-electron chi connectivity index (χ0n) is 9.26. The third kappa shape index (κ3) is 2.85. The number of aromatic nitrogens is 1. The Labute approximate surface area is 104 Å². The van der Waals surface area contributed by atoms with Crippen molar-refractivity contribution in [2.45, 2.75) is 6.54 Å². The van der Waals surface area contributed by atoms with Crippen LogP contribution in [0, 0.1) is 0 Å². The molecule has 4 nitrogen and oxygen atoms in total. The van der Waals surface area contributed by atoms with E-state index in [2.05, 4.69) is 4.98 Å². The summed E-state index contributed by atoms with van der Waals surface area (Å²) in [5.74, 6) is -0.172. The highest BCUT2D eigenvalue weighted by Gasteiger charge is 2.13. The number of carbonyl (C=O) groups is 1. The van der Waals surface area contributed by atoms with Gasteiger partial charge in [-0.3, -0.25) is 9.78 Å². The van der Waals surface area contributed by atoms with Gasteiger partial charge in [0, 0.05) is 30.4 Å². The first kappa shape index (κ1) is 11.7. The molecule has 1 amide bonds. The Balaban J connectivity index is 2.09. The fourth-order valence-corrected chi connectivity index (χ4v) is 1.61. The number of rotatable bonds is 3. The highest BCUT2D eigenvalue weighted by atomic mass is 35.5. The molecule has 88 valence electrons. The quantitative estimate of drug-likeness (QED) is 0.841. The van der Waals surface area contributed by atoms with E-state index in [4.69, 9.17) is 16.0 Å². The van der Waals surface area contributed by atoms with Crippen LogP contribution in [-0.4, -0.2) is 22.8 Å². The van der Waals surface area contributed by atoms with Gasteiger partial charge in [-0.15, -0.1) is 0 Å². The van der Waals surface area contributed by atoms with Crippen LogP contribution in [0.5, 0.6) is 0 Å². The minimum Gasteiger partial charge on any atom is -0.472 e. The lowest BCUT2D eigenvalue weighted by Gasteiger charge is -2.15. The third-order valence-electron chi connectivity index (χ3n) is 2.29. The van der Waals surface area contributed by atoms with Crippen LogP contribution in [0.4, 0.5) is 0 Å². The van der Waals surface area contributed by atoms with Gasteiger partial charge in [-0.2, -0.15) is 0 Å². The molecule has 0 atom stereocenters. The number of hydrogen-bond acceptors (Lipinski definition) is 3. The van der Waals surface area contributed by atoms with Gasteiger partial charge in [-0.05, 0) is 18.2 Å². The van der Waals surface area contributed by atoms with Crippen LogP contribution in [-0.2, 0) is 6.54 Å². The lowest BCUT2D eigenvalue weighted by Crippen LogP contribution is -2.26. The lowest BCUT2D eigenvalue weighted by molar-refractivity contribution is 0.0779. The molecular formula is C12H11ClN2O2. The molecule has 2 aromatic rings. The Morgan fingerprint density at radius 2 is 2.35 bits per heavy atom. The topological polar surface area (TPSA) is 46.3 Å². The second-order valence-corrected chi connectivity index (χ2v) is 4.09. The zero-order valence-corrected chi connectivity index (χ0v) is 10.0. The second kappa shape index (κ2) is 5.01. The zero-order chi connectivity index (χ0) is 12.3. The van der Waals surface area contributed by atoms with Gasteiger partial charge in [-0.1, -0.05) is 11.6 Å². The first-order chi connectivity index (χ1) is 8.16. The number of amides is 1. The van der Waals surface area contributed by atoms with Crippen molar-refractivity contribution in [3.63, 3.8) is 0 Å². The Kier molecular flexibility index (Phi) is 3.44. The SMILES string of the molecule is CN(Cc1ccoc1)C(=O)c1cc(Cl)ccn1. The molecule has 2 heterocycles. The van der Waals surface area contributed by atoms with Crippen LogP contribution < -0.4 is 0 Å². The summed E-state index contributed by atoms with van der Waals surface area (Å²) >= 11 is 5.81. The molecule has 0 aromatic carbocycles. The molecule has 0 aliphatic carbocycles. The van der Waals surface area contributed by atoms with Crippen LogP contribution in [0.2, 0.25) is 5.02 Å². The summed E-state index contributed by atoms with van der Waals surface area (Å²) < 4.78 is 4.95. The monoisotopic (exact) mass is 250 g/mol. The van der Waals surface area contributed by atoms with E-state index < -0.39 is 0 Å². The second-order valence-electron chi connectivity index (χ2n) is 3.65. The van der Waals surface area contributed by atoms with Crippen LogP contribution in [0.3, 0.4) is 0 Å². The molecule has 0 N–H and O–H groups in total. The average Bonchev–Trinajstić information content (AvgIpc) is 2.80. The van der Waals surface area contributed by atoms with Gasteiger partial charge in [0.2, 0.25) is 0 Å². The molecule has 0 aliphatic rings. The fraction of sp³-hybridized carbons (Fsp3) is 0.167. The number of furan rings is 1. The van der Waals surface area contributed by atoms with Crippen molar-refractivity contribution in [3.05, 3.63) is 53.2 Å². The van der Waals surface area contributed by atoms with Gasteiger partial charge in [0.15, 0.2) is 0 Å². The summed E-state index contributed by atoms with van der Waals surface area (Å²) in [5.41, 5.74) is 1.27. The van der Waals surface area contributed by atoms with E-state index in [-0.39, 0.29) is 5.91 Å². The van der Waals surface area contributed by atoms with E-state index in [9.17, 15) is 4.79 Å². The largest absolute Gasteiger partial charge is 0.472 e. The van der Waals surface area contributed by atoms with Gasteiger partial charge in [0.05, 0.1) is 12.5 Å². The molecule has 0 radical (unpaired) electrons. The van der Waals surface area contributed by atoms with Crippen molar-refractivity contribution in [2.24, 2.45) is 0 Å². The van der Waals surface area contributed by atoms with Crippen LogP contribution in [0.15, 0.2) is 41.3 Å². The minimum atomic E-state index is -0.172. The predicted octanol–water partition coefficient (Wildman–Crippen LogP) is 2.60. The van der Waals surface area contributed by atoms with Crippen molar-refractivity contribution in [2.75, 3.05) is 7.05 Å². The van der Waals surface area contributed by atoms with Crippen LogP contribution in [0.1, 0.15) is 16.1 Å². The smallest absolute Gasteiger partial charge is 0.272 e. The summed E-state index contributed by atoms with van der Waals surface area (Å²) in [7, 11) is 1.71. The summed E-state index contributed by atoms with van der Waals surface area (Å²) in [5, 5.41) is 0.500. The predicted molar refractivity (Wildman–Crippen MR) is 63.8 cm³/mol. The number of pyridine rings is 1. The van der Waals surface area contributed by atoms with E-state index in [1.807, 2.05) is 6.07 Å². The molecule has 0 fully saturated rings. The maximum atomic E-state index is 12.0. The van der Waals surface area contributed by atoms with Crippen molar-refractivity contribution < 1.29 is 9.21 Å². The molecule has 17 heavy (non-hydrogen) atoms. The Hall–Kier alpha value is -1.81. The molecule has 0 saturated carbocycles. The van der Waals surface area contributed by atoms with Gasteiger partial charge in [0.25, 0.3) is 5.91 Å². The van der Waals surface area contributed by atoms with Crippen molar-refractivity contribution in [1.29, 1.82) is 0 Å². The number of carbonyl (C=O) groups excluding carboxylic acids is 1. The van der Waals surface area contributed by atoms with Gasteiger partial charge < -0.3 is 9.32 Å². The molecule has 5 heteroatoms. The standard InChI is InChI=1S/C12H11ClN2O2/c1-15(7-9-3-5-17-8-9)12(16)11-6-10(13)2-4-14-11/h2-6,8H,7H2,1H3. The maximum Gasteiger partial charge on any atom is 0.272 e. The van der Waals surface area contributed by atoms with E-state index >= 15 is 0 Å². The van der Waals surface area contributed by atoms with Gasteiger partial charge in [0.1, 0.15) is 5.69 Å². The minimum absolute atomic E-state index is 0.172. The molecule has 2 aromatic heterocycles. The first-order valence-corrected chi connectivity index (χ1v) is 5.42. The molecule has 0 bridgehead atoms. The molecule has 0 unspecified atom stereocenters. The highest BCUT2D eigenvalue weighted by molar-refractivity contribution is 6.30. The third-order valence-corrected chi connectivity index (χ3v) is 2.52. The maximum absolute atomic E-state index is 12.0. The van der Waals surface area contributed by atoms with Crippen LogP contribution >= 0.6 is 11.6 Å². The fourth-order valence-electron chi connectivity index (χ4n) is 1.45. The van der Waals surface area contributed by atoms with E-state index in [0.717, 1.165) is 5.56 Å². The van der Waals surface area contributed by atoms with Crippen molar-refractivity contribution in [1.82, 2.24) is 9.88 Å². The van der Waals surface area contributed by atoms with E-state index in [0.29, 0.717) is 17.3 Å². The highest BCUT2D eigenvalue weighted by Crippen LogP contribution is 2.11. The average molecular weight is 251 g/mol. The summed E-state index contributed by atoms with van der Waals surface area (Å²) in [6, 6.07) is 5.00. The Morgan fingerprint density at radius 1 is 1.53 bits per heavy atom. The molecule has 0 spiro atoms. The molecule has 0 saturated heterocycles. The Morgan fingerprint density at radius 3 is 3.00 bits per heavy atom. The Bertz CT molecular complexity index is 511. The molecule has 2 rings (SSSR count). The summed E-state index contributed by atoms with van der Waals surface area (Å²) in [4.78, 5) is 17.5. The number of halogens is 1. The van der Waals surface area contributed by atoms with Crippen molar-refractivity contribution >= 4 is 17.5 Å². The van der Waals surface area contributed by atoms with Crippen molar-refractivity contribution in [3.8, 4) is 0 Å². The summed E-state index contributed by atoms with van der Waals surface area (Å²) in [6.45, 7) is 0.476. The lowest BCUT2D eigenvalue weighted by atomic mass is 10.3. The summed E-state index contributed by atoms with van der Waals surface area (Å²) in [6.07, 6.45) is 4.70. The number of nitrogens with zero attached hydrogens (tertiary/aromatic N) is 2. The first-order valence-electron chi connectivity index (χ1n) is 5.05. The normalized spacial score (nSPS) is 10.2. The van der Waals surface area contributed by atoms with E-state index in [1.165, 1.54) is 6.20 Å². The van der Waals surface area contributed by atoms with Gasteiger partial charge >= 0.3 is 0 Å².